The van der Waals surface area contributed by atoms with Crippen molar-refractivity contribution < 1.29 is 0 Å². The van der Waals surface area contributed by atoms with E-state index < -0.39 is 0 Å². The average Bonchev–Trinajstić information content (AvgIpc) is 2.94. The van der Waals surface area contributed by atoms with Gasteiger partial charge >= 0.3 is 0 Å². The van der Waals surface area contributed by atoms with Crippen LogP contribution in [0.4, 0.5) is 5.69 Å². The van der Waals surface area contributed by atoms with Gasteiger partial charge in [0.05, 0.1) is 0 Å². The number of para-hydroxylation sites is 1. The Balaban J connectivity index is 1.54. The summed E-state index contributed by atoms with van der Waals surface area (Å²) in [4.78, 5) is 2.72. The Labute approximate surface area is 116 Å². The van der Waals surface area contributed by atoms with Gasteiger partial charge in [-0.25, -0.2) is 0 Å². The highest BCUT2D eigenvalue weighted by Gasteiger charge is 2.45. The van der Waals surface area contributed by atoms with Gasteiger partial charge in [0.1, 0.15) is 0 Å². The summed E-state index contributed by atoms with van der Waals surface area (Å²) in [6.07, 6.45) is 7.03. The minimum atomic E-state index is 0.699. The van der Waals surface area contributed by atoms with Gasteiger partial charge in [-0.3, -0.25) is 4.90 Å². The van der Waals surface area contributed by atoms with E-state index in [9.17, 15) is 0 Å². The SMILES string of the molecule is CC1CC2(CCC2)CN1Cc1cccc2c1NCC2. The highest BCUT2D eigenvalue weighted by atomic mass is 15.2. The molecule has 1 saturated heterocycles. The second-order valence-corrected chi connectivity index (χ2v) is 6.94. The average molecular weight is 256 g/mol. The number of hydrogen-bond acceptors (Lipinski definition) is 2. The lowest BCUT2D eigenvalue weighted by atomic mass is 9.68. The maximum atomic E-state index is 3.58. The van der Waals surface area contributed by atoms with Crippen molar-refractivity contribution in [2.45, 2.75) is 51.6 Å². The Morgan fingerprint density at radius 3 is 3.00 bits per heavy atom. The summed E-state index contributed by atoms with van der Waals surface area (Å²) < 4.78 is 0. The van der Waals surface area contributed by atoms with Crippen molar-refractivity contribution in [2.24, 2.45) is 5.41 Å². The van der Waals surface area contributed by atoms with E-state index in [0.717, 1.165) is 19.1 Å². The largest absolute Gasteiger partial charge is 0.384 e. The van der Waals surface area contributed by atoms with Gasteiger partial charge < -0.3 is 5.32 Å². The smallest absolute Gasteiger partial charge is 0.0419 e. The van der Waals surface area contributed by atoms with Crippen molar-refractivity contribution in [2.75, 3.05) is 18.4 Å². The third-order valence-corrected chi connectivity index (χ3v) is 5.61. The first-order valence-corrected chi connectivity index (χ1v) is 7.85. The lowest BCUT2D eigenvalue weighted by Crippen LogP contribution is -2.33. The van der Waals surface area contributed by atoms with Crippen molar-refractivity contribution in [1.29, 1.82) is 0 Å². The van der Waals surface area contributed by atoms with E-state index in [1.54, 1.807) is 0 Å². The number of anilines is 1. The summed E-state index contributed by atoms with van der Waals surface area (Å²) in [5.41, 5.74) is 5.16. The first-order valence-electron chi connectivity index (χ1n) is 7.85. The third-order valence-electron chi connectivity index (χ3n) is 5.61. The summed E-state index contributed by atoms with van der Waals surface area (Å²) in [6.45, 7) is 6.01. The molecule has 3 aliphatic rings. The van der Waals surface area contributed by atoms with Gasteiger partial charge in [-0.15, -0.1) is 0 Å². The van der Waals surface area contributed by atoms with Crippen LogP contribution in [0.15, 0.2) is 18.2 Å². The van der Waals surface area contributed by atoms with Crippen molar-refractivity contribution in [3.8, 4) is 0 Å². The molecular weight excluding hydrogens is 232 g/mol. The molecule has 1 spiro atoms. The van der Waals surface area contributed by atoms with E-state index in [1.807, 2.05) is 0 Å². The van der Waals surface area contributed by atoms with Crippen LogP contribution in [-0.2, 0) is 13.0 Å². The van der Waals surface area contributed by atoms with Gasteiger partial charge in [0, 0.05) is 31.4 Å². The molecule has 1 saturated carbocycles. The van der Waals surface area contributed by atoms with Crippen molar-refractivity contribution in [1.82, 2.24) is 4.90 Å². The van der Waals surface area contributed by atoms with Crippen molar-refractivity contribution in [3.05, 3.63) is 29.3 Å². The van der Waals surface area contributed by atoms with Crippen LogP contribution in [0.25, 0.3) is 0 Å². The fourth-order valence-corrected chi connectivity index (χ4v) is 4.42. The number of nitrogens with zero attached hydrogens (tertiary/aromatic N) is 1. The van der Waals surface area contributed by atoms with Gasteiger partial charge in [0.25, 0.3) is 0 Å². The molecule has 19 heavy (non-hydrogen) atoms. The molecule has 2 fully saturated rings. The monoisotopic (exact) mass is 256 g/mol. The molecule has 1 aromatic carbocycles. The van der Waals surface area contributed by atoms with Crippen LogP contribution >= 0.6 is 0 Å². The molecule has 1 unspecified atom stereocenters. The van der Waals surface area contributed by atoms with Crippen molar-refractivity contribution >= 4 is 5.69 Å². The van der Waals surface area contributed by atoms with Crippen LogP contribution < -0.4 is 5.32 Å². The van der Waals surface area contributed by atoms with Crippen LogP contribution in [-0.4, -0.2) is 24.0 Å². The van der Waals surface area contributed by atoms with Gasteiger partial charge in [-0.05, 0) is 49.1 Å². The van der Waals surface area contributed by atoms with Gasteiger partial charge in [-0.2, -0.15) is 0 Å². The Kier molecular flexibility index (Phi) is 2.63. The summed E-state index contributed by atoms with van der Waals surface area (Å²) in [5, 5.41) is 3.58. The van der Waals surface area contributed by atoms with Gasteiger partial charge in [0.15, 0.2) is 0 Å². The van der Waals surface area contributed by atoms with Gasteiger partial charge in [0.2, 0.25) is 0 Å². The molecule has 1 aliphatic carbocycles. The van der Waals surface area contributed by atoms with E-state index in [1.165, 1.54) is 55.5 Å². The Hall–Kier alpha value is -1.02. The topological polar surface area (TPSA) is 15.3 Å². The van der Waals surface area contributed by atoms with E-state index in [0.29, 0.717) is 5.41 Å². The minimum absolute atomic E-state index is 0.699. The number of hydrogen-bond donors (Lipinski definition) is 1. The number of fused-ring (bicyclic) bond motifs is 1. The zero-order valence-corrected chi connectivity index (χ0v) is 11.9. The van der Waals surface area contributed by atoms with Crippen LogP contribution in [0.3, 0.4) is 0 Å². The molecule has 1 aromatic rings. The molecule has 0 amide bonds. The molecule has 2 heterocycles. The number of nitrogens with one attached hydrogen (secondary N) is 1. The lowest BCUT2D eigenvalue weighted by molar-refractivity contribution is 0.137. The Bertz CT molecular complexity index is 490. The quantitative estimate of drug-likeness (QED) is 0.872. The number of benzene rings is 1. The molecule has 4 rings (SSSR count). The second-order valence-electron chi connectivity index (χ2n) is 6.94. The third kappa shape index (κ3) is 1.88. The molecule has 0 aromatic heterocycles. The molecule has 0 radical (unpaired) electrons. The molecule has 2 aliphatic heterocycles. The molecule has 0 bridgehead atoms. The van der Waals surface area contributed by atoms with E-state index in [2.05, 4.69) is 35.3 Å². The van der Waals surface area contributed by atoms with E-state index in [-0.39, 0.29) is 0 Å². The van der Waals surface area contributed by atoms with Crippen LogP contribution in [0, 0.1) is 5.41 Å². The van der Waals surface area contributed by atoms with Gasteiger partial charge in [-0.1, -0.05) is 24.6 Å². The zero-order valence-electron chi connectivity index (χ0n) is 11.9. The summed E-state index contributed by atoms with van der Waals surface area (Å²) in [7, 11) is 0. The summed E-state index contributed by atoms with van der Waals surface area (Å²) in [6, 6.07) is 7.59. The second kappa shape index (κ2) is 4.24. The molecule has 2 nitrogen and oxygen atoms in total. The van der Waals surface area contributed by atoms with Crippen molar-refractivity contribution in [3.63, 3.8) is 0 Å². The Morgan fingerprint density at radius 1 is 1.37 bits per heavy atom. The maximum absolute atomic E-state index is 3.58. The first kappa shape index (κ1) is 11.8. The number of likely N-dealkylation sites (tertiary alicyclic amines) is 1. The normalized spacial score (nSPS) is 28.2. The molecule has 102 valence electrons. The highest BCUT2D eigenvalue weighted by molar-refractivity contribution is 5.61. The van der Waals surface area contributed by atoms with Crippen LogP contribution in [0.2, 0.25) is 0 Å². The van der Waals surface area contributed by atoms with Crippen LogP contribution in [0.1, 0.15) is 43.7 Å². The van der Waals surface area contributed by atoms with Crippen LogP contribution in [0.5, 0.6) is 0 Å². The maximum Gasteiger partial charge on any atom is 0.0419 e. The first-order chi connectivity index (χ1) is 9.26. The van der Waals surface area contributed by atoms with E-state index >= 15 is 0 Å². The highest BCUT2D eigenvalue weighted by Crippen LogP contribution is 2.50. The lowest BCUT2D eigenvalue weighted by Gasteiger charge is -2.38. The molecule has 2 heteroatoms. The number of rotatable bonds is 2. The fourth-order valence-electron chi connectivity index (χ4n) is 4.42. The fraction of sp³-hybridized carbons (Fsp3) is 0.647. The molecule has 1 N–H and O–H groups in total. The summed E-state index contributed by atoms with van der Waals surface area (Å²) in [5.74, 6) is 0. The predicted octanol–water partition coefficient (Wildman–Crippen LogP) is 3.42. The summed E-state index contributed by atoms with van der Waals surface area (Å²) >= 11 is 0. The zero-order chi connectivity index (χ0) is 12.9. The minimum Gasteiger partial charge on any atom is -0.384 e. The standard InChI is InChI=1S/C17H24N2/c1-13-10-17(7-3-8-17)12-19(13)11-15-5-2-4-14-6-9-18-16(14)15/h2,4-5,13,18H,3,6-12H2,1H3. The van der Waals surface area contributed by atoms with E-state index in [4.69, 9.17) is 0 Å². The molecular formula is C17H24N2. The predicted molar refractivity (Wildman–Crippen MR) is 79.4 cm³/mol. The Morgan fingerprint density at radius 2 is 2.26 bits per heavy atom. The molecule has 1 atom stereocenters.